The second kappa shape index (κ2) is 8.06. The van der Waals surface area contributed by atoms with Crippen LogP contribution in [0.15, 0.2) is 0 Å². The van der Waals surface area contributed by atoms with Crippen LogP contribution in [0.2, 0.25) is 0 Å². The molecule has 0 saturated carbocycles. The van der Waals surface area contributed by atoms with Crippen molar-refractivity contribution in [2.24, 2.45) is 11.7 Å². The molecule has 5 nitrogen and oxygen atoms in total. The first-order valence-corrected chi connectivity index (χ1v) is 6.09. The Hall–Kier alpha value is -1.10. The van der Waals surface area contributed by atoms with Gasteiger partial charge in [0.1, 0.15) is 0 Å². The van der Waals surface area contributed by atoms with Gasteiger partial charge in [0.25, 0.3) is 0 Å². The summed E-state index contributed by atoms with van der Waals surface area (Å²) in [5.41, 5.74) is 5.88. The molecule has 0 fully saturated rings. The summed E-state index contributed by atoms with van der Waals surface area (Å²) in [7, 11) is 1.34. The first-order valence-electron chi connectivity index (χ1n) is 6.09. The van der Waals surface area contributed by atoms with E-state index in [9.17, 15) is 9.59 Å². The Morgan fingerprint density at radius 1 is 1.35 bits per heavy atom. The summed E-state index contributed by atoms with van der Waals surface area (Å²) in [6.45, 7) is 6.75. The van der Waals surface area contributed by atoms with Crippen LogP contribution in [0, 0.1) is 5.92 Å². The molecule has 0 aliphatic heterocycles. The average Bonchev–Trinajstić information content (AvgIpc) is 2.36. The zero-order chi connectivity index (χ0) is 13.4. The maximum Gasteiger partial charge on any atom is 0.307 e. The van der Waals surface area contributed by atoms with Crippen LogP contribution in [0.25, 0.3) is 0 Å². The number of likely N-dealkylation sites (N-methyl/N-ethyl adjacent to an activating group) is 1. The molecule has 0 heterocycles. The summed E-state index contributed by atoms with van der Waals surface area (Å²) >= 11 is 0. The van der Waals surface area contributed by atoms with Crippen LogP contribution in [-0.2, 0) is 14.3 Å². The van der Waals surface area contributed by atoms with Crippen molar-refractivity contribution in [2.75, 3.05) is 20.2 Å². The van der Waals surface area contributed by atoms with Crippen LogP contribution < -0.4 is 5.73 Å². The van der Waals surface area contributed by atoms with Gasteiger partial charge in [-0.05, 0) is 12.8 Å². The van der Waals surface area contributed by atoms with Crippen molar-refractivity contribution in [1.82, 2.24) is 4.90 Å². The van der Waals surface area contributed by atoms with Crippen molar-refractivity contribution < 1.29 is 14.3 Å². The fraction of sp³-hybridized carbons (Fsp3) is 0.833. The molecule has 0 aliphatic carbocycles. The molecule has 0 aromatic carbocycles. The van der Waals surface area contributed by atoms with Gasteiger partial charge in [-0.25, -0.2) is 0 Å². The molecule has 0 aromatic rings. The molecule has 1 amide bonds. The summed E-state index contributed by atoms with van der Waals surface area (Å²) < 4.78 is 4.55. The molecule has 2 atom stereocenters. The van der Waals surface area contributed by atoms with Crippen molar-refractivity contribution in [3.8, 4) is 0 Å². The van der Waals surface area contributed by atoms with Crippen LogP contribution in [-0.4, -0.2) is 43.0 Å². The zero-order valence-corrected chi connectivity index (χ0v) is 11.2. The maximum absolute atomic E-state index is 12.0. The average molecular weight is 244 g/mol. The molecule has 0 bridgehead atoms. The summed E-state index contributed by atoms with van der Waals surface area (Å²) in [5, 5.41) is 0. The Kier molecular flexibility index (Phi) is 7.54. The van der Waals surface area contributed by atoms with E-state index in [4.69, 9.17) is 5.73 Å². The Morgan fingerprint density at radius 2 is 1.94 bits per heavy atom. The highest BCUT2D eigenvalue weighted by Gasteiger charge is 2.24. The molecule has 0 radical (unpaired) electrons. The van der Waals surface area contributed by atoms with E-state index in [1.165, 1.54) is 7.11 Å². The van der Waals surface area contributed by atoms with E-state index in [1.54, 1.807) is 4.90 Å². The van der Waals surface area contributed by atoms with E-state index in [1.807, 2.05) is 20.8 Å². The normalized spacial score (nSPS) is 13.9. The minimum Gasteiger partial charge on any atom is -0.469 e. The Balaban J connectivity index is 4.34. The van der Waals surface area contributed by atoms with Crippen LogP contribution in [0.4, 0.5) is 0 Å². The number of nitrogens with zero attached hydrogens (tertiary/aromatic N) is 1. The predicted octanol–water partition coefficient (Wildman–Crippen LogP) is 0.771. The van der Waals surface area contributed by atoms with E-state index >= 15 is 0 Å². The van der Waals surface area contributed by atoms with E-state index in [-0.39, 0.29) is 24.2 Å². The summed E-state index contributed by atoms with van der Waals surface area (Å²) in [5.74, 6) is -0.256. The fourth-order valence-electron chi connectivity index (χ4n) is 1.46. The molecule has 0 spiro atoms. The third-order valence-corrected chi connectivity index (χ3v) is 3.05. The highest BCUT2D eigenvalue weighted by Crippen LogP contribution is 2.09. The third kappa shape index (κ3) is 5.17. The number of rotatable bonds is 7. The molecule has 100 valence electrons. The second-order valence-electron chi connectivity index (χ2n) is 4.16. The van der Waals surface area contributed by atoms with Crippen molar-refractivity contribution in [1.29, 1.82) is 0 Å². The van der Waals surface area contributed by atoms with Gasteiger partial charge >= 0.3 is 5.97 Å². The monoisotopic (exact) mass is 244 g/mol. The number of hydrogen-bond donors (Lipinski definition) is 1. The van der Waals surface area contributed by atoms with Crippen LogP contribution in [0.3, 0.4) is 0 Å². The lowest BCUT2D eigenvalue weighted by Crippen LogP contribution is -2.47. The maximum atomic E-state index is 12.0. The van der Waals surface area contributed by atoms with Gasteiger partial charge < -0.3 is 15.4 Å². The van der Waals surface area contributed by atoms with Gasteiger partial charge in [-0.15, -0.1) is 0 Å². The van der Waals surface area contributed by atoms with Gasteiger partial charge in [-0.3, -0.25) is 9.59 Å². The molecular formula is C12H24N2O3. The summed E-state index contributed by atoms with van der Waals surface area (Å²) in [6.07, 6.45) is 1.07. The molecule has 0 saturated heterocycles. The number of carbonyl (C=O) groups excluding carboxylic acids is 2. The summed E-state index contributed by atoms with van der Waals surface area (Å²) in [6, 6.07) is -0.488. The number of nitrogens with two attached hydrogens (primary N) is 1. The number of ether oxygens (including phenoxy) is 1. The Labute approximate surface area is 103 Å². The van der Waals surface area contributed by atoms with Gasteiger partial charge in [0, 0.05) is 13.1 Å². The zero-order valence-electron chi connectivity index (χ0n) is 11.2. The second-order valence-corrected chi connectivity index (χ2v) is 4.16. The largest absolute Gasteiger partial charge is 0.469 e. The van der Waals surface area contributed by atoms with Crippen LogP contribution in [0.1, 0.15) is 33.6 Å². The number of amides is 1. The highest BCUT2D eigenvalue weighted by atomic mass is 16.5. The van der Waals surface area contributed by atoms with Crippen molar-refractivity contribution in [3.05, 3.63) is 0 Å². The first-order chi connectivity index (χ1) is 7.97. The van der Waals surface area contributed by atoms with Gasteiger partial charge in [0.15, 0.2) is 0 Å². The van der Waals surface area contributed by atoms with E-state index in [0.717, 1.165) is 6.42 Å². The molecule has 5 heteroatoms. The minimum atomic E-state index is -0.488. The molecule has 17 heavy (non-hydrogen) atoms. The molecule has 2 N–H and O–H groups in total. The smallest absolute Gasteiger partial charge is 0.307 e. The molecule has 2 unspecified atom stereocenters. The predicted molar refractivity (Wildman–Crippen MR) is 66.3 cm³/mol. The molecule has 0 aromatic heterocycles. The number of methoxy groups -OCH3 is 1. The van der Waals surface area contributed by atoms with Crippen LogP contribution >= 0.6 is 0 Å². The van der Waals surface area contributed by atoms with Crippen molar-refractivity contribution in [2.45, 2.75) is 39.7 Å². The molecule has 0 aliphatic rings. The van der Waals surface area contributed by atoms with Crippen molar-refractivity contribution >= 4 is 11.9 Å². The number of hydrogen-bond acceptors (Lipinski definition) is 4. The Bertz CT molecular complexity index is 256. The number of esters is 1. The lowest BCUT2D eigenvalue weighted by molar-refractivity contribution is -0.142. The molecular weight excluding hydrogens is 220 g/mol. The van der Waals surface area contributed by atoms with Gasteiger partial charge in [0.2, 0.25) is 5.91 Å². The number of carbonyl (C=O) groups is 2. The van der Waals surface area contributed by atoms with E-state index in [0.29, 0.717) is 13.1 Å². The standard InChI is InChI=1S/C12H24N2O3/c1-5-9(3)11(13)12(16)14(6-2)8-7-10(15)17-4/h9,11H,5-8,13H2,1-4H3. The lowest BCUT2D eigenvalue weighted by Gasteiger charge is -2.26. The van der Waals surface area contributed by atoms with E-state index < -0.39 is 6.04 Å². The SMILES string of the molecule is CCC(C)C(N)C(=O)N(CC)CCC(=O)OC. The van der Waals surface area contributed by atoms with Crippen LogP contribution in [0.5, 0.6) is 0 Å². The summed E-state index contributed by atoms with van der Waals surface area (Å²) in [4.78, 5) is 24.7. The lowest BCUT2D eigenvalue weighted by atomic mass is 9.99. The van der Waals surface area contributed by atoms with Gasteiger partial charge in [-0.1, -0.05) is 20.3 Å². The van der Waals surface area contributed by atoms with E-state index in [2.05, 4.69) is 4.74 Å². The Morgan fingerprint density at radius 3 is 2.35 bits per heavy atom. The topological polar surface area (TPSA) is 72.6 Å². The molecule has 0 rings (SSSR count). The minimum absolute atomic E-state index is 0.0919. The fourth-order valence-corrected chi connectivity index (χ4v) is 1.46. The van der Waals surface area contributed by atoms with Crippen molar-refractivity contribution in [3.63, 3.8) is 0 Å². The van der Waals surface area contributed by atoms with Gasteiger partial charge in [0.05, 0.1) is 19.6 Å². The third-order valence-electron chi connectivity index (χ3n) is 3.05. The first kappa shape index (κ1) is 15.9. The quantitative estimate of drug-likeness (QED) is 0.671. The highest BCUT2D eigenvalue weighted by molar-refractivity contribution is 5.82. The van der Waals surface area contributed by atoms with Gasteiger partial charge in [-0.2, -0.15) is 0 Å².